The molecule has 1 amide bonds. The molecule has 0 bridgehead atoms. The number of guanidine groups is 1. The zero-order valence-corrected chi connectivity index (χ0v) is 15.4. The third-order valence-electron chi connectivity index (χ3n) is 5.34. The van der Waals surface area contributed by atoms with Gasteiger partial charge in [-0.3, -0.25) is 20.1 Å². The molecule has 7 heteroatoms. The minimum absolute atomic E-state index is 0.0156. The number of hydrogen-bond acceptors (Lipinski definition) is 5. The Bertz CT molecular complexity index is 941. The lowest BCUT2D eigenvalue weighted by Gasteiger charge is -2.45. The molecular formula is C19H19N5OS. The van der Waals surface area contributed by atoms with Crippen molar-refractivity contribution < 1.29 is 4.79 Å². The Hall–Kier alpha value is -2.72. The Morgan fingerprint density at radius 3 is 2.85 bits per heavy atom. The van der Waals surface area contributed by atoms with Crippen molar-refractivity contribution in [3.63, 3.8) is 0 Å². The molecular weight excluding hydrogens is 346 g/mol. The van der Waals surface area contributed by atoms with Crippen LogP contribution in [0.15, 0.2) is 29.9 Å². The van der Waals surface area contributed by atoms with Crippen LogP contribution in [0.2, 0.25) is 0 Å². The maximum atomic E-state index is 12.9. The lowest BCUT2D eigenvalue weighted by Crippen LogP contribution is -2.64. The molecule has 1 aliphatic heterocycles. The molecule has 1 aliphatic carbocycles. The smallest absolute Gasteiger partial charge is 0.235 e. The quantitative estimate of drug-likeness (QED) is 0.875. The van der Waals surface area contributed by atoms with Gasteiger partial charge in [0.2, 0.25) is 5.91 Å². The number of pyridine rings is 1. The summed E-state index contributed by atoms with van der Waals surface area (Å²) in [6, 6.07) is 5.98. The molecule has 1 saturated heterocycles. The van der Waals surface area contributed by atoms with Crippen LogP contribution < -0.4 is 5.32 Å². The van der Waals surface area contributed by atoms with Gasteiger partial charge in [0.15, 0.2) is 5.96 Å². The first-order valence-electron chi connectivity index (χ1n) is 8.53. The molecule has 132 valence electrons. The molecule has 0 radical (unpaired) electrons. The summed E-state index contributed by atoms with van der Waals surface area (Å²) in [7, 11) is 1.66. The van der Waals surface area contributed by atoms with E-state index in [4.69, 9.17) is 10.7 Å². The fourth-order valence-electron chi connectivity index (χ4n) is 3.71. The Labute approximate surface area is 156 Å². The van der Waals surface area contributed by atoms with Crippen LogP contribution in [0.4, 0.5) is 0 Å². The average molecular weight is 365 g/mol. The van der Waals surface area contributed by atoms with E-state index >= 15 is 0 Å². The second-order valence-corrected chi connectivity index (χ2v) is 8.07. The lowest BCUT2D eigenvalue weighted by molar-refractivity contribution is -0.136. The predicted molar refractivity (Wildman–Crippen MR) is 99.5 cm³/mol. The van der Waals surface area contributed by atoms with Gasteiger partial charge in [0.05, 0.1) is 17.0 Å². The number of nitrogens with zero attached hydrogens (tertiary/aromatic N) is 3. The van der Waals surface area contributed by atoms with Crippen molar-refractivity contribution in [1.29, 1.82) is 10.7 Å². The molecule has 2 atom stereocenters. The molecule has 0 spiro atoms. The van der Waals surface area contributed by atoms with Gasteiger partial charge >= 0.3 is 0 Å². The van der Waals surface area contributed by atoms with E-state index in [9.17, 15) is 4.79 Å². The van der Waals surface area contributed by atoms with Gasteiger partial charge in [-0.25, -0.2) is 0 Å². The molecule has 2 aromatic heterocycles. The first kappa shape index (κ1) is 16.7. The van der Waals surface area contributed by atoms with Crippen molar-refractivity contribution in [1.82, 2.24) is 15.2 Å². The minimum atomic E-state index is -0.592. The van der Waals surface area contributed by atoms with Crippen molar-refractivity contribution in [2.45, 2.75) is 25.3 Å². The van der Waals surface area contributed by atoms with Crippen LogP contribution in [0.1, 0.15) is 30.2 Å². The fourth-order valence-corrected chi connectivity index (χ4v) is 4.79. The second-order valence-electron chi connectivity index (χ2n) is 7.16. The number of nitriles is 1. The Balaban J connectivity index is 1.74. The van der Waals surface area contributed by atoms with Crippen LogP contribution >= 0.6 is 11.3 Å². The highest BCUT2D eigenvalue weighted by atomic mass is 32.1. The average Bonchev–Trinajstić information content (AvgIpc) is 3.33. The van der Waals surface area contributed by atoms with Gasteiger partial charge in [-0.15, -0.1) is 11.3 Å². The molecule has 26 heavy (non-hydrogen) atoms. The van der Waals surface area contributed by atoms with Crippen molar-refractivity contribution >= 4 is 23.2 Å². The van der Waals surface area contributed by atoms with E-state index in [2.05, 4.69) is 22.4 Å². The number of thiophene rings is 1. The summed E-state index contributed by atoms with van der Waals surface area (Å²) in [6.07, 6.45) is 5.39. The summed E-state index contributed by atoms with van der Waals surface area (Å²) in [5.41, 5.74) is 1.79. The molecule has 2 fully saturated rings. The standard InChI is InChI=1S/C19H19N5OS/c1-19(16(12-3-4-12)17(25)24(2)18(21)23-19)15-6-14(10-26-15)13-5-11(7-20)8-22-9-13/h5-6,8-10,12,16H,3-4H2,1-2H3,(H2,21,23)/t16-,19+/m0/s1. The lowest BCUT2D eigenvalue weighted by atomic mass is 9.78. The van der Waals surface area contributed by atoms with E-state index in [1.807, 2.05) is 18.4 Å². The van der Waals surface area contributed by atoms with Crippen LogP contribution in [0, 0.1) is 28.6 Å². The van der Waals surface area contributed by atoms with E-state index in [1.54, 1.807) is 30.8 Å². The highest BCUT2D eigenvalue weighted by Crippen LogP contribution is 2.49. The van der Waals surface area contributed by atoms with E-state index < -0.39 is 5.54 Å². The van der Waals surface area contributed by atoms with Gasteiger partial charge in [-0.1, -0.05) is 0 Å². The van der Waals surface area contributed by atoms with E-state index in [0.717, 1.165) is 28.8 Å². The monoisotopic (exact) mass is 365 g/mol. The van der Waals surface area contributed by atoms with Crippen LogP contribution in [0.5, 0.6) is 0 Å². The number of rotatable bonds is 3. The molecule has 3 heterocycles. The summed E-state index contributed by atoms with van der Waals surface area (Å²) in [5, 5.41) is 22.5. The summed E-state index contributed by atoms with van der Waals surface area (Å²) in [6.45, 7) is 2.02. The highest BCUT2D eigenvalue weighted by molar-refractivity contribution is 7.10. The number of carbonyl (C=O) groups is 1. The summed E-state index contributed by atoms with van der Waals surface area (Å²) < 4.78 is 0. The fraction of sp³-hybridized carbons (Fsp3) is 0.368. The molecule has 0 unspecified atom stereocenters. The molecule has 0 aromatic carbocycles. The van der Waals surface area contributed by atoms with Crippen LogP contribution in [-0.2, 0) is 10.3 Å². The topological polar surface area (TPSA) is 92.9 Å². The summed E-state index contributed by atoms with van der Waals surface area (Å²) >= 11 is 1.58. The number of amides is 1. The SMILES string of the molecule is CN1C(=N)N[C@](C)(c2cc(-c3cncc(C#N)c3)cs2)[C@@H](C2CC2)C1=O. The maximum absolute atomic E-state index is 12.9. The third-order valence-corrected chi connectivity index (χ3v) is 6.51. The molecule has 1 saturated carbocycles. The zero-order chi connectivity index (χ0) is 18.5. The Morgan fingerprint density at radius 2 is 2.15 bits per heavy atom. The molecule has 6 nitrogen and oxygen atoms in total. The first-order valence-corrected chi connectivity index (χ1v) is 9.41. The third kappa shape index (κ3) is 2.58. The highest BCUT2D eigenvalue weighted by Gasteiger charge is 2.54. The van der Waals surface area contributed by atoms with Gasteiger partial charge < -0.3 is 5.32 Å². The maximum Gasteiger partial charge on any atom is 0.235 e. The minimum Gasteiger partial charge on any atom is -0.345 e. The van der Waals surface area contributed by atoms with Crippen LogP contribution in [0.25, 0.3) is 11.1 Å². The van der Waals surface area contributed by atoms with Crippen LogP contribution in [-0.4, -0.2) is 28.8 Å². The van der Waals surface area contributed by atoms with Crippen LogP contribution in [0.3, 0.4) is 0 Å². The van der Waals surface area contributed by atoms with Crippen molar-refractivity contribution in [3.8, 4) is 17.2 Å². The van der Waals surface area contributed by atoms with E-state index in [0.29, 0.717) is 11.5 Å². The van der Waals surface area contributed by atoms with Crippen molar-refractivity contribution in [2.24, 2.45) is 11.8 Å². The van der Waals surface area contributed by atoms with Gasteiger partial charge in [0.1, 0.15) is 6.07 Å². The van der Waals surface area contributed by atoms with Gasteiger partial charge in [-0.2, -0.15) is 5.26 Å². The van der Waals surface area contributed by atoms with Gasteiger partial charge in [0.25, 0.3) is 0 Å². The van der Waals surface area contributed by atoms with E-state index in [-0.39, 0.29) is 17.8 Å². The Morgan fingerprint density at radius 1 is 1.38 bits per heavy atom. The van der Waals surface area contributed by atoms with Crippen molar-refractivity contribution in [3.05, 3.63) is 40.3 Å². The van der Waals surface area contributed by atoms with Gasteiger partial charge in [0, 0.05) is 29.9 Å². The molecule has 2 aliphatic rings. The molecule has 2 N–H and O–H groups in total. The Kier molecular flexibility index (Phi) is 3.81. The first-order chi connectivity index (χ1) is 12.4. The predicted octanol–water partition coefficient (Wildman–Crippen LogP) is 2.92. The number of aromatic nitrogens is 1. The number of carbonyl (C=O) groups excluding carboxylic acids is 1. The zero-order valence-electron chi connectivity index (χ0n) is 14.6. The number of hydrogen-bond donors (Lipinski definition) is 2. The molecule has 2 aromatic rings. The summed E-state index contributed by atoms with van der Waals surface area (Å²) in [5.74, 6) is 0.348. The van der Waals surface area contributed by atoms with Crippen molar-refractivity contribution in [2.75, 3.05) is 7.05 Å². The van der Waals surface area contributed by atoms with E-state index in [1.165, 1.54) is 4.90 Å². The van der Waals surface area contributed by atoms with Gasteiger partial charge in [-0.05, 0) is 48.8 Å². The number of nitrogens with one attached hydrogen (secondary N) is 2. The largest absolute Gasteiger partial charge is 0.345 e. The second kappa shape index (κ2) is 5.92. The molecule has 4 rings (SSSR count). The summed E-state index contributed by atoms with van der Waals surface area (Å²) in [4.78, 5) is 19.4. The normalized spacial score (nSPS) is 25.7.